The van der Waals surface area contributed by atoms with Crippen LogP contribution >= 0.6 is 0 Å². The Hall–Kier alpha value is -2.64. The molecule has 1 unspecified atom stereocenters. The van der Waals surface area contributed by atoms with Gasteiger partial charge in [0.25, 0.3) is 0 Å². The summed E-state index contributed by atoms with van der Waals surface area (Å²) in [5, 5.41) is 4.27. The molecule has 1 saturated heterocycles. The van der Waals surface area contributed by atoms with Gasteiger partial charge in [0.15, 0.2) is 0 Å². The Kier molecular flexibility index (Phi) is 4.44. The van der Waals surface area contributed by atoms with Crippen molar-refractivity contribution in [3.8, 4) is 0 Å². The van der Waals surface area contributed by atoms with Gasteiger partial charge in [-0.05, 0) is 38.2 Å². The van der Waals surface area contributed by atoms with Crippen LogP contribution in [0.3, 0.4) is 0 Å². The molecule has 2 fully saturated rings. The molecule has 8 nitrogen and oxygen atoms in total. The van der Waals surface area contributed by atoms with Crippen LogP contribution in [0.2, 0.25) is 0 Å². The zero-order valence-electron chi connectivity index (χ0n) is 16.9. The Morgan fingerprint density at radius 2 is 2.07 bits per heavy atom. The molecule has 1 saturated carbocycles. The van der Waals surface area contributed by atoms with Crippen molar-refractivity contribution in [1.82, 2.24) is 29.5 Å². The molecule has 0 bridgehead atoms. The highest BCUT2D eigenvalue weighted by atomic mass is 16.2. The van der Waals surface area contributed by atoms with E-state index in [-0.39, 0.29) is 29.3 Å². The second-order valence-corrected chi connectivity index (χ2v) is 8.51. The standard InChI is InChI=1S/C21H28N6O2/c1-2-17(27-10-3-9-24-27)20(29)25-12-7-21(8-13-25)18-16(22-14-23-18)6-11-26(21)19(28)15-4-5-15/h3,9-10,14-15,17H,2,4-8,11-13H2,1H3,(H,22,23). The van der Waals surface area contributed by atoms with E-state index >= 15 is 0 Å². The zero-order chi connectivity index (χ0) is 20.0. The minimum atomic E-state index is -0.378. The molecular formula is C21H28N6O2. The summed E-state index contributed by atoms with van der Waals surface area (Å²) < 4.78 is 1.75. The Labute approximate surface area is 170 Å². The van der Waals surface area contributed by atoms with Crippen molar-refractivity contribution < 1.29 is 9.59 Å². The van der Waals surface area contributed by atoms with Gasteiger partial charge in [0.2, 0.25) is 11.8 Å². The fraction of sp³-hybridized carbons (Fsp3) is 0.619. The normalized spacial score (nSPS) is 21.8. The first-order valence-electron chi connectivity index (χ1n) is 10.8. The molecule has 0 aromatic carbocycles. The van der Waals surface area contributed by atoms with Gasteiger partial charge in [0.1, 0.15) is 6.04 Å². The average Bonchev–Trinajstić information content (AvgIpc) is 3.23. The lowest BCUT2D eigenvalue weighted by Gasteiger charge is -2.50. The molecule has 1 atom stereocenters. The first-order valence-corrected chi connectivity index (χ1v) is 10.8. The van der Waals surface area contributed by atoms with E-state index in [1.54, 1.807) is 17.2 Å². The van der Waals surface area contributed by atoms with Crippen molar-refractivity contribution >= 4 is 11.8 Å². The van der Waals surface area contributed by atoms with Crippen LogP contribution in [0.5, 0.6) is 0 Å². The number of hydrogen-bond donors (Lipinski definition) is 1. The minimum absolute atomic E-state index is 0.115. The maximum Gasteiger partial charge on any atom is 0.247 e. The Bertz CT molecular complexity index is 892. The van der Waals surface area contributed by atoms with Crippen LogP contribution in [-0.4, -0.2) is 61.0 Å². The summed E-state index contributed by atoms with van der Waals surface area (Å²) in [4.78, 5) is 38.2. The second kappa shape index (κ2) is 7.00. The molecule has 4 heterocycles. The number of nitrogens with one attached hydrogen (secondary N) is 1. The average molecular weight is 396 g/mol. The number of carbonyl (C=O) groups excluding carboxylic acids is 2. The molecule has 2 aromatic heterocycles. The molecule has 1 N–H and O–H groups in total. The summed E-state index contributed by atoms with van der Waals surface area (Å²) in [6.45, 7) is 4.03. The van der Waals surface area contributed by atoms with Crippen LogP contribution < -0.4 is 0 Å². The highest BCUT2D eigenvalue weighted by Gasteiger charge is 2.51. The van der Waals surface area contributed by atoms with E-state index < -0.39 is 0 Å². The van der Waals surface area contributed by atoms with Crippen LogP contribution in [0, 0.1) is 5.92 Å². The number of nitrogens with zero attached hydrogens (tertiary/aromatic N) is 5. The number of likely N-dealkylation sites (tertiary alicyclic amines) is 1. The molecule has 154 valence electrons. The number of piperidine rings is 1. The number of fused-ring (bicyclic) bond motifs is 2. The largest absolute Gasteiger partial charge is 0.348 e. The van der Waals surface area contributed by atoms with Gasteiger partial charge < -0.3 is 14.8 Å². The van der Waals surface area contributed by atoms with Crippen molar-refractivity contribution in [2.45, 2.75) is 57.0 Å². The molecular weight excluding hydrogens is 368 g/mol. The summed E-state index contributed by atoms with van der Waals surface area (Å²) in [6.07, 6.45) is 10.3. The third kappa shape index (κ3) is 2.96. The van der Waals surface area contributed by atoms with Crippen LogP contribution in [0.4, 0.5) is 0 Å². The quantitative estimate of drug-likeness (QED) is 0.855. The molecule has 2 aliphatic heterocycles. The molecule has 29 heavy (non-hydrogen) atoms. The van der Waals surface area contributed by atoms with E-state index in [0.717, 1.165) is 50.0 Å². The summed E-state index contributed by atoms with van der Waals surface area (Å²) in [7, 11) is 0. The van der Waals surface area contributed by atoms with E-state index in [1.807, 2.05) is 24.1 Å². The number of hydrogen-bond acceptors (Lipinski definition) is 4. The number of H-pyrrole nitrogens is 1. The van der Waals surface area contributed by atoms with Crippen molar-refractivity contribution in [3.63, 3.8) is 0 Å². The number of amides is 2. The van der Waals surface area contributed by atoms with Crippen LogP contribution in [0.1, 0.15) is 56.5 Å². The summed E-state index contributed by atoms with van der Waals surface area (Å²) in [5.41, 5.74) is 1.79. The zero-order valence-corrected chi connectivity index (χ0v) is 16.9. The fourth-order valence-electron chi connectivity index (χ4n) is 5.10. The van der Waals surface area contributed by atoms with Gasteiger partial charge in [-0.1, -0.05) is 6.92 Å². The van der Waals surface area contributed by atoms with E-state index in [0.29, 0.717) is 19.5 Å². The van der Waals surface area contributed by atoms with Gasteiger partial charge in [-0.2, -0.15) is 5.10 Å². The molecule has 3 aliphatic rings. The Morgan fingerprint density at radius 1 is 1.28 bits per heavy atom. The first-order chi connectivity index (χ1) is 14.1. The number of imidazole rings is 1. The van der Waals surface area contributed by atoms with Gasteiger partial charge in [-0.25, -0.2) is 4.98 Å². The van der Waals surface area contributed by atoms with Gasteiger partial charge in [-0.3, -0.25) is 14.3 Å². The van der Waals surface area contributed by atoms with E-state index in [1.165, 1.54) is 0 Å². The Balaban J connectivity index is 1.38. The van der Waals surface area contributed by atoms with E-state index in [4.69, 9.17) is 0 Å². The lowest BCUT2D eigenvalue weighted by molar-refractivity contribution is -0.146. The van der Waals surface area contributed by atoms with Crippen molar-refractivity contribution in [1.29, 1.82) is 0 Å². The number of rotatable bonds is 4. The van der Waals surface area contributed by atoms with Crippen LogP contribution in [0.15, 0.2) is 24.8 Å². The van der Waals surface area contributed by atoms with Crippen molar-refractivity contribution in [3.05, 3.63) is 36.2 Å². The minimum Gasteiger partial charge on any atom is -0.348 e. The lowest BCUT2D eigenvalue weighted by atomic mass is 9.78. The molecule has 2 amide bonds. The molecule has 1 aliphatic carbocycles. The first kappa shape index (κ1) is 18.4. The topological polar surface area (TPSA) is 87.1 Å². The third-order valence-electron chi connectivity index (χ3n) is 6.87. The highest BCUT2D eigenvalue weighted by Crippen LogP contribution is 2.45. The van der Waals surface area contributed by atoms with Gasteiger partial charge in [0.05, 0.1) is 17.6 Å². The SMILES string of the molecule is CCC(C(=O)N1CCC2(CC1)c1nc[nH]c1CCN2C(=O)C1CC1)n1cccn1. The van der Waals surface area contributed by atoms with Gasteiger partial charge in [0, 0.05) is 50.1 Å². The number of aromatic nitrogens is 4. The summed E-state index contributed by atoms with van der Waals surface area (Å²) in [6, 6.07) is 1.58. The predicted molar refractivity (Wildman–Crippen MR) is 106 cm³/mol. The molecule has 0 radical (unpaired) electrons. The van der Waals surface area contributed by atoms with E-state index in [9.17, 15) is 9.59 Å². The number of carbonyl (C=O) groups is 2. The third-order valence-corrected chi connectivity index (χ3v) is 6.87. The summed E-state index contributed by atoms with van der Waals surface area (Å²) in [5.74, 6) is 0.585. The molecule has 8 heteroatoms. The predicted octanol–water partition coefficient (Wildman–Crippen LogP) is 1.87. The van der Waals surface area contributed by atoms with Crippen molar-refractivity contribution in [2.24, 2.45) is 5.92 Å². The van der Waals surface area contributed by atoms with Crippen LogP contribution in [0.25, 0.3) is 0 Å². The smallest absolute Gasteiger partial charge is 0.247 e. The molecule has 5 rings (SSSR count). The maximum atomic E-state index is 13.2. The number of aromatic amines is 1. The maximum absolute atomic E-state index is 13.2. The van der Waals surface area contributed by atoms with Gasteiger partial charge in [-0.15, -0.1) is 0 Å². The van der Waals surface area contributed by atoms with E-state index in [2.05, 4.69) is 20.0 Å². The van der Waals surface area contributed by atoms with Crippen molar-refractivity contribution in [2.75, 3.05) is 19.6 Å². The highest BCUT2D eigenvalue weighted by molar-refractivity contribution is 5.83. The second-order valence-electron chi connectivity index (χ2n) is 8.51. The lowest BCUT2D eigenvalue weighted by Crippen LogP contribution is -2.59. The summed E-state index contributed by atoms with van der Waals surface area (Å²) >= 11 is 0. The molecule has 2 aromatic rings. The Morgan fingerprint density at radius 3 is 2.72 bits per heavy atom. The van der Waals surface area contributed by atoms with Crippen LogP contribution in [-0.2, 0) is 21.5 Å². The fourth-order valence-corrected chi connectivity index (χ4v) is 5.10. The molecule has 1 spiro atoms. The monoisotopic (exact) mass is 396 g/mol. The van der Waals surface area contributed by atoms with Gasteiger partial charge >= 0.3 is 0 Å².